The van der Waals surface area contributed by atoms with E-state index in [-0.39, 0.29) is 24.2 Å². The summed E-state index contributed by atoms with van der Waals surface area (Å²) < 4.78 is 11.0. The summed E-state index contributed by atoms with van der Waals surface area (Å²) in [4.78, 5) is 17.9. The van der Waals surface area contributed by atoms with E-state index in [9.17, 15) is 9.90 Å². The van der Waals surface area contributed by atoms with Crippen LogP contribution in [-0.4, -0.2) is 67.1 Å². The number of carbonyl (C=O) groups excluding carboxylic acids is 1. The molecule has 0 spiro atoms. The van der Waals surface area contributed by atoms with Crippen molar-refractivity contribution in [3.8, 4) is 5.75 Å². The first-order valence-corrected chi connectivity index (χ1v) is 8.29. The van der Waals surface area contributed by atoms with Gasteiger partial charge in [0.25, 0.3) is 0 Å². The summed E-state index contributed by atoms with van der Waals surface area (Å²) in [7, 11) is 1.74. The summed E-state index contributed by atoms with van der Waals surface area (Å²) in [6.45, 7) is 4.12. The van der Waals surface area contributed by atoms with Crippen LogP contribution in [0, 0.1) is 5.41 Å². The van der Waals surface area contributed by atoms with Crippen molar-refractivity contribution in [2.45, 2.75) is 25.9 Å². The van der Waals surface area contributed by atoms with Gasteiger partial charge in [0.05, 0.1) is 19.3 Å². The van der Waals surface area contributed by atoms with Crippen LogP contribution in [0.15, 0.2) is 24.5 Å². The molecule has 2 heterocycles. The predicted octanol–water partition coefficient (Wildman–Crippen LogP) is 1.28. The third-order valence-electron chi connectivity index (χ3n) is 4.32. The lowest BCUT2D eigenvalue weighted by Gasteiger charge is -2.38. The second-order valence-corrected chi connectivity index (χ2v) is 6.43. The Morgan fingerprint density at radius 3 is 2.92 bits per heavy atom. The molecule has 7 heteroatoms. The maximum absolute atomic E-state index is 12.3. The molecule has 24 heavy (non-hydrogen) atoms. The smallest absolute Gasteiger partial charge is 0.317 e. The topological polar surface area (TPSA) is 83.9 Å². The van der Waals surface area contributed by atoms with Crippen LogP contribution in [0.4, 0.5) is 4.79 Å². The number of aliphatic hydroxyl groups excluding tert-OH is 1. The molecular weight excluding hydrogens is 310 g/mol. The van der Waals surface area contributed by atoms with Gasteiger partial charge in [0.2, 0.25) is 0 Å². The fourth-order valence-corrected chi connectivity index (χ4v) is 2.80. The Balaban J connectivity index is 1.76. The molecule has 2 N–H and O–H groups in total. The summed E-state index contributed by atoms with van der Waals surface area (Å²) in [6, 6.07) is 3.46. The molecule has 1 aromatic heterocycles. The molecule has 0 unspecified atom stereocenters. The minimum atomic E-state index is -0.262. The number of rotatable bonds is 7. The molecular formula is C17H27N3O4. The van der Waals surface area contributed by atoms with Gasteiger partial charge in [0.15, 0.2) is 0 Å². The van der Waals surface area contributed by atoms with E-state index in [2.05, 4.69) is 10.3 Å². The monoisotopic (exact) mass is 337 g/mol. The Labute approximate surface area is 143 Å². The lowest BCUT2D eigenvalue weighted by molar-refractivity contribution is -0.0261. The number of hydrogen-bond acceptors (Lipinski definition) is 5. The molecule has 0 saturated carbocycles. The van der Waals surface area contributed by atoms with Gasteiger partial charge >= 0.3 is 6.03 Å². The minimum absolute atomic E-state index is 0.0640. The second kappa shape index (κ2) is 8.84. The zero-order valence-corrected chi connectivity index (χ0v) is 14.4. The number of hydrogen-bond donors (Lipinski definition) is 2. The molecule has 1 aliphatic rings. The van der Waals surface area contributed by atoms with Crippen LogP contribution in [0.5, 0.6) is 5.75 Å². The molecule has 2 rings (SSSR count). The number of carbonyl (C=O) groups is 1. The third kappa shape index (κ3) is 5.35. The Morgan fingerprint density at radius 2 is 2.29 bits per heavy atom. The molecule has 1 fully saturated rings. The highest BCUT2D eigenvalue weighted by molar-refractivity contribution is 5.73. The van der Waals surface area contributed by atoms with Crippen molar-refractivity contribution in [3.05, 3.63) is 24.5 Å². The van der Waals surface area contributed by atoms with E-state index in [1.165, 1.54) is 0 Å². The SMILES string of the molecule is C[C@@H](CNC(=O)N(C)CC1(CO)CCOCC1)Oc1cccnc1. The van der Waals surface area contributed by atoms with Crippen LogP contribution < -0.4 is 10.1 Å². The molecule has 2 amide bonds. The lowest BCUT2D eigenvalue weighted by Crippen LogP contribution is -2.48. The van der Waals surface area contributed by atoms with Gasteiger partial charge in [-0.2, -0.15) is 0 Å². The quantitative estimate of drug-likeness (QED) is 0.783. The number of nitrogens with one attached hydrogen (secondary N) is 1. The first kappa shape index (κ1) is 18.5. The zero-order chi connectivity index (χ0) is 17.4. The summed E-state index contributed by atoms with van der Waals surface area (Å²) in [5, 5.41) is 12.6. The zero-order valence-electron chi connectivity index (χ0n) is 14.4. The van der Waals surface area contributed by atoms with E-state index in [0.29, 0.717) is 32.1 Å². The number of urea groups is 1. The summed E-state index contributed by atoms with van der Waals surface area (Å²) in [6.07, 6.45) is 4.69. The number of pyridine rings is 1. The first-order chi connectivity index (χ1) is 11.5. The number of amides is 2. The van der Waals surface area contributed by atoms with Crippen molar-refractivity contribution in [2.75, 3.05) is 40.0 Å². The molecule has 7 nitrogen and oxygen atoms in total. The molecule has 1 saturated heterocycles. The number of aliphatic hydroxyl groups is 1. The van der Waals surface area contributed by atoms with Crippen molar-refractivity contribution in [3.63, 3.8) is 0 Å². The molecule has 134 valence electrons. The van der Waals surface area contributed by atoms with Gasteiger partial charge in [-0.15, -0.1) is 0 Å². The van der Waals surface area contributed by atoms with Gasteiger partial charge in [-0.05, 0) is 31.9 Å². The highest BCUT2D eigenvalue weighted by atomic mass is 16.5. The van der Waals surface area contributed by atoms with Crippen molar-refractivity contribution < 1.29 is 19.4 Å². The molecule has 1 atom stereocenters. The van der Waals surface area contributed by atoms with Gasteiger partial charge in [-0.3, -0.25) is 4.98 Å². The standard InChI is InChI=1S/C17H27N3O4/c1-14(24-15-4-3-7-18-11-15)10-19-16(22)20(2)12-17(13-21)5-8-23-9-6-17/h3-4,7,11,14,21H,5-6,8-10,12-13H2,1-2H3,(H,19,22)/t14-/m0/s1. The largest absolute Gasteiger partial charge is 0.487 e. The molecule has 0 aromatic carbocycles. The molecule has 0 radical (unpaired) electrons. The second-order valence-electron chi connectivity index (χ2n) is 6.43. The molecule has 1 aromatic rings. The van der Waals surface area contributed by atoms with E-state index in [4.69, 9.17) is 9.47 Å². The van der Waals surface area contributed by atoms with Crippen LogP contribution in [-0.2, 0) is 4.74 Å². The number of nitrogens with zero attached hydrogens (tertiary/aromatic N) is 2. The van der Waals surface area contributed by atoms with Gasteiger partial charge in [-0.25, -0.2) is 4.79 Å². The van der Waals surface area contributed by atoms with E-state index in [1.807, 2.05) is 13.0 Å². The molecule has 1 aliphatic heterocycles. The Kier molecular flexibility index (Phi) is 6.81. The van der Waals surface area contributed by atoms with E-state index in [1.54, 1.807) is 30.4 Å². The lowest BCUT2D eigenvalue weighted by atomic mass is 9.80. The minimum Gasteiger partial charge on any atom is -0.487 e. The highest BCUT2D eigenvalue weighted by Gasteiger charge is 2.34. The van der Waals surface area contributed by atoms with E-state index >= 15 is 0 Å². The Morgan fingerprint density at radius 1 is 1.54 bits per heavy atom. The van der Waals surface area contributed by atoms with Crippen LogP contribution >= 0.6 is 0 Å². The summed E-state index contributed by atoms with van der Waals surface area (Å²) in [5.74, 6) is 0.675. The summed E-state index contributed by atoms with van der Waals surface area (Å²) >= 11 is 0. The summed E-state index contributed by atoms with van der Waals surface area (Å²) in [5.41, 5.74) is -0.262. The maximum atomic E-state index is 12.3. The third-order valence-corrected chi connectivity index (χ3v) is 4.32. The average Bonchev–Trinajstić information content (AvgIpc) is 2.61. The van der Waals surface area contributed by atoms with Gasteiger partial charge in [0, 0.05) is 38.4 Å². The number of aromatic nitrogens is 1. The van der Waals surface area contributed by atoms with Crippen LogP contribution in [0.1, 0.15) is 19.8 Å². The fraction of sp³-hybridized carbons (Fsp3) is 0.647. The van der Waals surface area contributed by atoms with Gasteiger partial charge < -0.3 is 24.8 Å². The van der Waals surface area contributed by atoms with Gasteiger partial charge in [0.1, 0.15) is 11.9 Å². The van der Waals surface area contributed by atoms with E-state index in [0.717, 1.165) is 12.8 Å². The van der Waals surface area contributed by atoms with E-state index < -0.39 is 0 Å². The highest BCUT2D eigenvalue weighted by Crippen LogP contribution is 2.30. The number of ether oxygens (including phenoxy) is 2. The molecule has 0 bridgehead atoms. The van der Waals surface area contributed by atoms with Crippen LogP contribution in [0.3, 0.4) is 0 Å². The fourth-order valence-electron chi connectivity index (χ4n) is 2.80. The normalized spacial score (nSPS) is 17.8. The maximum Gasteiger partial charge on any atom is 0.317 e. The molecule has 0 aliphatic carbocycles. The van der Waals surface area contributed by atoms with Crippen molar-refractivity contribution in [2.24, 2.45) is 5.41 Å². The van der Waals surface area contributed by atoms with Crippen LogP contribution in [0.2, 0.25) is 0 Å². The Hall–Kier alpha value is -1.86. The predicted molar refractivity (Wildman–Crippen MR) is 89.9 cm³/mol. The van der Waals surface area contributed by atoms with Gasteiger partial charge in [-0.1, -0.05) is 0 Å². The first-order valence-electron chi connectivity index (χ1n) is 8.29. The van der Waals surface area contributed by atoms with Crippen molar-refractivity contribution in [1.29, 1.82) is 0 Å². The Bertz CT molecular complexity index is 506. The average molecular weight is 337 g/mol. The van der Waals surface area contributed by atoms with Crippen molar-refractivity contribution in [1.82, 2.24) is 15.2 Å². The van der Waals surface area contributed by atoms with Crippen LogP contribution in [0.25, 0.3) is 0 Å². The van der Waals surface area contributed by atoms with Crippen molar-refractivity contribution >= 4 is 6.03 Å².